The van der Waals surface area contributed by atoms with Gasteiger partial charge in [-0.15, -0.1) is 0 Å². The van der Waals surface area contributed by atoms with E-state index in [1.807, 2.05) is 18.3 Å². The summed E-state index contributed by atoms with van der Waals surface area (Å²) in [5.74, 6) is 2.24. The molecule has 6 heteroatoms. The van der Waals surface area contributed by atoms with E-state index in [0.717, 1.165) is 62.4 Å². The third kappa shape index (κ3) is 3.35. The smallest absolute Gasteiger partial charge is 0.139 e. The number of hydrogen-bond donors (Lipinski definition) is 0. The largest absolute Gasteiger partial charge is 0.353 e. The van der Waals surface area contributed by atoms with Crippen molar-refractivity contribution < 1.29 is 0 Å². The van der Waals surface area contributed by atoms with Crippen LogP contribution in [-0.2, 0) is 13.0 Å². The molecule has 3 heterocycles. The third-order valence-corrected chi connectivity index (χ3v) is 4.97. The van der Waals surface area contributed by atoms with Gasteiger partial charge in [0.1, 0.15) is 18.0 Å². The maximum atomic E-state index is 4.55. The molecule has 0 amide bonds. The van der Waals surface area contributed by atoms with Gasteiger partial charge in [0.2, 0.25) is 0 Å². The summed E-state index contributed by atoms with van der Waals surface area (Å²) in [5, 5.41) is 1.14. The summed E-state index contributed by atoms with van der Waals surface area (Å²) in [4.78, 5) is 18.2. The van der Waals surface area contributed by atoms with E-state index in [1.54, 1.807) is 6.33 Å². The molecule has 0 N–H and O–H groups in total. The summed E-state index contributed by atoms with van der Waals surface area (Å²) < 4.78 is 2.27. The van der Waals surface area contributed by atoms with Crippen molar-refractivity contribution in [3.8, 4) is 0 Å². The quantitative estimate of drug-likeness (QED) is 0.715. The van der Waals surface area contributed by atoms with Crippen LogP contribution in [0.4, 0.5) is 5.82 Å². The zero-order valence-corrected chi connectivity index (χ0v) is 14.7. The molecule has 25 heavy (non-hydrogen) atoms. The monoisotopic (exact) mass is 336 g/mol. The Morgan fingerprint density at radius 2 is 1.80 bits per heavy atom. The van der Waals surface area contributed by atoms with Gasteiger partial charge in [0.05, 0.1) is 5.52 Å². The molecule has 1 aliphatic rings. The minimum atomic E-state index is 0.988. The second-order valence-corrected chi connectivity index (χ2v) is 6.43. The van der Waals surface area contributed by atoms with Crippen molar-refractivity contribution in [3.63, 3.8) is 0 Å². The highest BCUT2D eigenvalue weighted by atomic mass is 15.3. The number of piperazine rings is 1. The molecule has 1 aliphatic heterocycles. The first kappa shape index (κ1) is 16.0. The fourth-order valence-electron chi connectivity index (χ4n) is 3.53. The Morgan fingerprint density at radius 1 is 0.960 bits per heavy atom. The van der Waals surface area contributed by atoms with Crippen LogP contribution in [0.3, 0.4) is 0 Å². The van der Waals surface area contributed by atoms with Gasteiger partial charge < -0.3 is 9.47 Å². The number of nitrogens with zero attached hydrogens (tertiary/aromatic N) is 6. The summed E-state index contributed by atoms with van der Waals surface area (Å²) >= 11 is 0. The lowest BCUT2D eigenvalue weighted by molar-refractivity contribution is 0.247. The molecular weight excluding hydrogens is 312 g/mol. The van der Waals surface area contributed by atoms with E-state index in [2.05, 4.69) is 54.6 Å². The number of rotatable bonds is 5. The first-order valence-corrected chi connectivity index (χ1v) is 9.02. The third-order valence-electron chi connectivity index (χ3n) is 4.97. The van der Waals surface area contributed by atoms with Gasteiger partial charge in [0.15, 0.2) is 0 Å². The standard InChI is InChI=1S/C19H24N6/c1-2-18-20-7-8-24(18)12-9-23-10-13-25(14-11-23)19-16-5-3-4-6-17(16)21-15-22-19/h3-8,15H,2,9-14H2,1H3. The summed E-state index contributed by atoms with van der Waals surface area (Å²) in [6, 6.07) is 8.25. The Labute approximate surface area is 148 Å². The molecule has 1 saturated heterocycles. The van der Waals surface area contributed by atoms with Crippen LogP contribution in [0.2, 0.25) is 0 Å². The molecule has 0 radical (unpaired) electrons. The molecule has 2 aromatic heterocycles. The summed E-state index contributed by atoms with van der Waals surface area (Å²) in [5.41, 5.74) is 1.02. The van der Waals surface area contributed by atoms with E-state index < -0.39 is 0 Å². The van der Waals surface area contributed by atoms with Crippen LogP contribution in [0, 0.1) is 0 Å². The van der Waals surface area contributed by atoms with Crippen molar-refractivity contribution in [2.45, 2.75) is 19.9 Å². The molecular formula is C19H24N6. The lowest BCUT2D eigenvalue weighted by Gasteiger charge is -2.35. The summed E-state index contributed by atoms with van der Waals surface area (Å²) in [6.45, 7) is 8.38. The van der Waals surface area contributed by atoms with Crippen LogP contribution in [0.1, 0.15) is 12.7 Å². The van der Waals surface area contributed by atoms with Crippen LogP contribution < -0.4 is 4.90 Å². The Hall–Kier alpha value is -2.47. The van der Waals surface area contributed by atoms with Gasteiger partial charge in [-0.1, -0.05) is 19.1 Å². The molecule has 130 valence electrons. The van der Waals surface area contributed by atoms with E-state index in [0.29, 0.717) is 0 Å². The highest BCUT2D eigenvalue weighted by Gasteiger charge is 2.19. The van der Waals surface area contributed by atoms with Crippen LogP contribution in [-0.4, -0.2) is 57.1 Å². The number of benzene rings is 1. The van der Waals surface area contributed by atoms with Crippen molar-refractivity contribution in [1.29, 1.82) is 0 Å². The van der Waals surface area contributed by atoms with Crippen LogP contribution >= 0.6 is 0 Å². The Kier molecular flexibility index (Phi) is 4.61. The molecule has 1 aromatic carbocycles. The van der Waals surface area contributed by atoms with E-state index >= 15 is 0 Å². The number of aryl methyl sites for hydroxylation is 1. The predicted molar refractivity (Wildman–Crippen MR) is 99.8 cm³/mol. The van der Waals surface area contributed by atoms with Gasteiger partial charge in [-0.3, -0.25) is 4.90 Å². The first-order valence-electron chi connectivity index (χ1n) is 9.02. The maximum Gasteiger partial charge on any atom is 0.139 e. The van der Waals surface area contributed by atoms with Crippen molar-refractivity contribution >= 4 is 16.7 Å². The molecule has 0 aliphatic carbocycles. The van der Waals surface area contributed by atoms with Crippen molar-refractivity contribution in [2.24, 2.45) is 0 Å². The highest BCUT2D eigenvalue weighted by Crippen LogP contribution is 2.23. The normalized spacial score (nSPS) is 15.8. The number of hydrogen-bond acceptors (Lipinski definition) is 5. The van der Waals surface area contributed by atoms with Crippen molar-refractivity contribution in [3.05, 3.63) is 48.8 Å². The van der Waals surface area contributed by atoms with Gasteiger partial charge in [-0.05, 0) is 12.1 Å². The van der Waals surface area contributed by atoms with Gasteiger partial charge in [-0.2, -0.15) is 0 Å². The van der Waals surface area contributed by atoms with E-state index in [-0.39, 0.29) is 0 Å². The Balaban J connectivity index is 1.38. The maximum absolute atomic E-state index is 4.55. The molecule has 0 unspecified atom stereocenters. The molecule has 3 aromatic rings. The van der Waals surface area contributed by atoms with Gasteiger partial charge >= 0.3 is 0 Å². The number of anilines is 1. The van der Waals surface area contributed by atoms with Gasteiger partial charge in [0, 0.05) is 63.5 Å². The van der Waals surface area contributed by atoms with E-state index in [4.69, 9.17) is 0 Å². The second-order valence-electron chi connectivity index (χ2n) is 6.43. The molecule has 0 spiro atoms. The second kappa shape index (κ2) is 7.19. The molecule has 0 atom stereocenters. The Morgan fingerprint density at radius 3 is 2.64 bits per heavy atom. The topological polar surface area (TPSA) is 50.1 Å². The number of aromatic nitrogens is 4. The molecule has 0 bridgehead atoms. The van der Waals surface area contributed by atoms with Crippen LogP contribution in [0.15, 0.2) is 43.0 Å². The van der Waals surface area contributed by atoms with E-state index in [9.17, 15) is 0 Å². The predicted octanol–water partition coefficient (Wildman–Crippen LogP) is 2.21. The average molecular weight is 336 g/mol. The van der Waals surface area contributed by atoms with Crippen LogP contribution in [0.25, 0.3) is 10.9 Å². The highest BCUT2D eigenvalue weighted by molar-refractivity contribution is 5.89. The van der Waals surface area contributed by atoms with Crippen LogP contribution in [0.5, 0.6) is 0 Å². The average Bonchev–Trinajstić information content (AvgIpc) is 3.14. The fraction of sp³-hybridized carbons (Fsp3) is 0.421. The lowest BCUT2D eigenvalue weighted by atomic mass is 10.2. The summed E-state index contributed by atoms with van der Waals surface area (Å²) in [7, 11) is 0. The minimum Gasteiger partial charge on any atom is -0.353 e. The molecule has 6 nitrogen and oxygen atoms in total. The fourth-order valence-corrected chi connectivity index (χ4v) is 3.53. The first-order chi connectivity index (χ1) is 12.3. The number of imidazole rings is 1. The van der Waals surface area contributed by atoms with E-state index in [1.165, 1.54) is 5.82 Å². The zero-order valence-electron chi connectivity index (χ0n) is 14.7. The number of para-hydroxylation sites is 1. The zero-order chi connectivity index (χ0) is 17.1. The molecule has 1 fully saturated rings. The van der Waals surface area contributed by atoms with Gasteiger partial charge in [-0.25, -0.2) is 15.0 Å². The SMILES string of the molecule is CCc1nccn1CCN1CCN(c2ncnc3ccccc23)CC1. The minimum absolute atomic E-state index is 0.988. The van der Waals surface area contributed by atoms with Crippen molar-refractivity contribution in [2.75, 3.05) is 37.6 Å². The summed E-state index contributed by atoms with van der Waals surface area (Å²) in [6.07, 6.45) is 6.65. The Bertz CT molecular complexity index is 829. The van der Waals surface area contributed by atoms with Crippen molar-refractivity contribution in [1.82, 2.24) is 24.4 Å². The molecule has 0 saturated carbocycles. The van der Waals surface area contributed by atoms with Gasteiger partial charge in [0.25, 0.3) is 0 Å². The number of fused-ring (bicyclic) bond motifs is 1. The molecule has 4 rings (SSSR count). The lowest BCUT2D eigenvalue weighted by Crippen LogP contribution is -2.47.